The van der Waals surface area contributed by atoms with Gasteiger partial charge in [0, 0.05) is 5.41 Å². The summed E-state index contributed by atoms with van der Waals surface area (Å²) in [4.78, 5) is 0. The van der Waals surface area contributed by atoms with Crippen molar-refractivity contribution in [1.29, 1.82) is 0 Å². The maximum atomic E-state index is 5.85. The van der Waals surface area contributed by atoms with Crippen LogP contribution in [0.5, 0.6) is 0 Å². The lowest BCUT2D eigenvalue weighted by Gasteiger charge is -2.42. The fourth-order valence-electron chi connectivity index (χ4n) is 3.67. The van der Waals surface area contributed by atoms with E-state index in [1.807, 2.05) is 0 Å². The molecule has 0 unspecified atom stereocenters. The Morgan fingerprint density at radius 3 is 2.13 bits per heavy atom. The SMILES string of the molecule is C#CC1(C2CCC(C)CC2)CCCCC1. The van der Waals surface area contributed by atoms with Gasteiger partial charge < -0.3 is 0 Å². The highest BCUT2D eigenvalue weighted by Gasteiger charge is 2.39. The molecule has 2 aliphatic rings. The molecule has 0 aromatic rings. The molecule has 0 heterocycles. The van der Waals surface area contributed by atoms with Crippen molar-refractivity contribution in [3.8, 4) is 12.3 Å². The van der Waals surface area contributed by atoms with Gasteiger partial charge in [-0.15, -0.1) is 6.42 Å². The van der Waals surface area contributed by atoms with Gasteiger partial charge in [-0.25, -0.2) is 0 Å². The summed E-state index contributed by atoms with van der Waals surface area (Å²) >= 11 is 0. The topological polar surface area (TPSA) is 0 Å². The van der Waals surface area contributed by atoms with Crippen LogP contribution >= 0.6 is 0 Å². The van der Waals surface area contributed by atoms with Crippen LogP contribution in [0.3, 0.4) is 0 Å². The molecule has 0 aromatic carbocycles. The van der Waals surface area contributed by atoms with E-state index >= 15 is 0 Å². The second-order valence-electron chi connectivity index (χ2n) is 5.82. The van der Waals surface area contributed by atoms with Gasteiger partial charge in [-0.05, 0) is 37.5 Å². The van der Waals surface area contributed by atoms with E-state index < -0.39 is 0 Å². The lowest BCUT2D eigenvalue weighted by molar-refractivity contribution is 0.114. The average molecular weight is 204 g/mol. The van der Waals surface area contributed by atoms with Gasteiger partial charge in [0.05, 0.1) is 0 Å². The van der Waals surface area contributed by atoms with Gasteiger partial charge in [0.2, 0.25) is 0 Å². The number of terminal acetylenes is 1. The average Bonchev–Trinajstić information content (AvgIpc) is 2.31. The monoisotopic (exact) mass is 204 g/mol. The highest BCUT2D eigenvalue weighted by atomic mass is 14.4. The first-order valence-electron chi connectivity index (χ1n) is 6.74. The molecule has 2 rings (SSSR count). The van der Waals surface area contributed by atoms with Crippen molar-refractivity contribution in [2.45, 2.75) is 64.7 Å². The first-order chi connectivity index (χ1) is 7.27. The molecule has 0 radical (unpaired) electrons. The van der Waals surface area contributed by atoms with Crippen LogP contribution < -0.4 is 0 Å². The van der Waals surface area contributed by atoms with E-state index in [4.69, 9.17) is 6.42 Å². The summed E-state index contributed by atoms with van der Waals surface area (Å²) in [5, 5.41) is 0. The van der Waals surface area contributed by atoms with Gasteiger partial charge in [-0.1, -0.05) is 44.9 Å². The zero-order valence-corrected chi connectivity index (χ0v) is 10.1. The lowest BCUT2D eigenvalue weighted by Crippen LogP contribution is -2.34. The fourth-order valence-corrected chi connectivity index (χ4v) is 3.67. The minimum absolute atomic E-state index is 0.304. The van der Waals surface area contributed by atoms with E-state index in [0.717, 1.165) is 11.8 Å². The van der Waals surface area contributed by atoms with Crippen molar-refractivity contribution < 1.29 is 0 Å². The van der Waals surface area contributed by atoms with Crippen molar-refractivity contribution in [2.75, 3.05) is 0 Å². The molecule has 0 amide bonds. The van der Waals surface area contributed by atoms with E-state index in [9.17, 15) is 0 Å². The summed E-state index contributed by atoms with van der Waals surface area (Å²) in [6.45, 7) is 2.39. The molecule has 2 fully saturated rings. The minimum atomic E-state index is 0.304. The smallest absolute Gasteiger partial charge is 0.0340 e. The quantitative estimate of drug-likeness (QED) is 0.555. The van der Waals surface area contributed by atoms with Crippen molar-refractivity contribution in [2.24, 2.45) is 17.3 Å². The van der Waals surface area contributed by atoms with E-state index in [-0.39, 0.29) is 0 Å². The largest absolute Gasteiger partial charge is 0.120 e. The van der Waals surface area contributed by atoms with Gasteiger partial charge in [-0.2, -0.15) is 0 Å². The van der Waals surface area contributed by atoms with Crippen LogP contribution in [0, 0.1) is 29.6 Å². The summed E-state index contributed by atoms with van der Waals surface area (Å²) < 4.78 is 0. The standard InChI is InChI=1S/C15H24/c1-3-15(11-5-4-6-12-15)14-9-7-13(2)8-10-14/h1,13-14H,4-12H2,2H3. The first-order valence-corrected chi connectivity index (χ1v) is 6.74. The molecule has 0 bridgehead atoms. The second kappa shape index (κ2) is 4.60. The third-order valence-corrected chi connectivity index (χ3v) is 4.83. The molecule has 15 heavy (non-hydrogen) atoms. The summed E-state index contributed by atoms with van der Waals surface area (Å²) in [5.41, 5.74) is 0.304. The molecular weight excluding hydrogens is 180 g/mol. The Morgan fingerprint density at radius 1 is 1.00 bits per heavy atom. The van der Waals surface area contributed by atoms with Gasteiger partial charge >= 0.3 is 0 Å². The number of rotatable bonds is 1. The normalized spacial score (nSPS) is 35.7. The van der Waals surface area contributed by atoms with E-state index in [0.29, 0.717) is 5.41 Å². The zero-order chi connectivity index (χ0) is 10.7. The van der Waals surface area contributed by atoms with E-state index in [1.165, 1.54) is 57.8 Å². The highest BCUT2D eigenvalue weighted by molar-refractivity contribution is 5.10. The molecule has 0 spiro atoms. The molecule has 0 nitrogen and oxygen atoms in total. The summed E-state index contributed by atoms with van der Waals surface area (Å²) in [7, 11) is 0. The molecule has 2 saturated carbocycles. The zero-order valence-electron chi connectivity index (χ0n) is 10.1. The van der Waals surface area contributed by atoms with Crippen LogP contribution in [0.2, 0.25) is 0 Å². The molecule has 0 aliphatic heterocycles. The summed E-state index contributed by atoms with van der Waals surface area (Å²) in [6, 6.07) is 0. The first kappa shape index (κ1) is 11.1. The van der Waals surface area contributed by atoms with Crippen LogP contribution in [-0.4, -0.2) is 0 Å². The van der Waals surface area contributed by atoms with Gasteiger partial charge in [-0.3, -0.25) is 0 Å². The predicted molar refractivity (Wildman–Crippen MR) is 65.5 cm³/mol. The van der Waals surface area contributed by atoms with Crippen molar-refractivity contribution in [1.82, 2.24) is 0 Å². The maximum Gasteiger partial charge on any atom is 0.0340 e. The maximum absolute atomic E-state index is 5.85. The Labute approximate surface area is 94.8 Å². The van der Waals surface area contributed by atoms with Crippen molar-refractivity contribution >= 4 is 0 Å². The van der Waals surface area contributed by atoms with Gasteiger partial charge in [0.1, 0.15) is 0 Å². The highest BCUT2D eigenvalue weighted by Crippen LogP contribution is 2.48. The van der Waals surface area contributed by atoms with Crippen LogP contribution in [0.1, 0.15) is 64.7 Å². The van der Waals surface area contributed by atoms with Crippen LogP contribution in [0.25, 0.3) is 0 Å². The Morgan fingerprint density at radius 2 is 1.60 bits per heavy atom. The van der Waals surface area contributed by atoms with Gasteiger partial charge in [0.25, 0.3) is 0 Å². The minimum Gasteiger partial charge on any atom is -0.120 e. The summed E-state index contributed by atoms with van der Waals surface area (Å²) in [6.07, 6.45) is 18.2. The number of hydrogen-bond donors (Lipinski definition) is 0. The van der Waals surface area contributed by atoms with E-state index in [2.05, 4.69) is 12.8 Å². The van der Waals surface area contributed by atoms with Gasteiger partial charge in [0.15, 0.2) is 0 Å². The van der Waals surface area contributed by atoms with Crippen molar-refractivity contribution in [3.63, 3.8) is 0 Å². The van der Waals surface area contributed by atoms with Crippen molar-refractivity contribution in [3.05, 3.63) is 0 Å². The Kier molecular flexibility index (Phi) is 3.39. The number of hydrogen-bond acceptors (Lipinski definition) is 0. The van der Waals surface area contributed by atoms with Crippen LogP contribution in [0.15, 0.2) is 0 Å². The molecular formula is C15H24. The van der Waals surface area contributed by atoms with Crippen LogP contribution in [-0.2, 0) is 0 Å². The molecule has 0 aromatic heterocycles. The fraction of sp³-hybridized carbons (Fsp3) is 0.867. The molecule has 0 saturated heterocycles. The molecule has 0 N–H and O–H groups in total. The van der Waals surface area contributed by atoms with Crippen LogP contribution in [0.4, 0.5) is 0 Å². The molecule has 2 aliphatic carbocycles. The third kappa shape index (κ3) is 2.22. The molecule has 0 atom stereocenters. The Bertz CT molecular complexity index is 231. The summed E-state index contributed by atoms with van der Waals surface area (Å²) in [5.74, 6) is 4.99. The Balaban J connectivity index is 2.03. The lowest BCUT2D eigenvalue weighted by atomic mass is 9.61. The Hall–Kier alpha value is -0.440. The molecule has 84 valence electrons. The second-order valence-corrected chi connectivity index (χ2v) is 5.82. The molecule has 0 heteroatoms. The third-order valence-electron chi connectivity index (χ3n) is 4.83. The van der Waals surface area contributed by atoms with E-state index in [1.54, 1.807) is 0 Å². The predicted octanol–water partition coefficient (Wildman–Crippen LogP) is 4.40.